The third-order valence-electron chi connectivity index (χ3n) is 5.61. The fourth-order valence-electron chi connectivity index (χ4n) is 3.73. The quantitative estimate of drug-likeness (QED) is 0.143. The topological polar surface area (TPSA) is 141 Å². The SMILES string of the molecule is O=C(N[C@@H](Cc1c[nH]c2ccccc12)C(=O)OCC(=O)c1cccc([N+](=O)[O-])c1)OCc1ccccc1. The number of benzene rings is 3. The summed E-state index contributed by atoms with van der Waals surface area (Å²) in [5, 5.41) is 14.4. The Labute approximate surface area is 211 Å². The van der Waals surface area contributed by atoms with Gasteiger partial charge in [-0.05, 0) is 17.2 Å². The van der Waals surface area contributed by atoms with Gasteiger partial charge in [-0.1, -0.05) is 60.7 Å². The largest absolute Gasteiger partial charge is 0.456 e. The van der Waals surface area contributed by atoms with E-state index in [0.29, 0.717) is 0 Å². The molecule has 10 heteroatoms. The average molecular weight is 501 g/mol. The smallest absolute Gasteiger partial charge is 0.408 e. The van der Waals surface area contributed by atoms with Gasteiger partial charge >= 0.3 is 12.1 Å². The van der Waals surface area contributed by atoms with Gasteiger partial charge in [-0.2, -0.15) is 0 Å². The summed E-state index contributed by atoms with van der Waals surface area (Å²) >= 11 is 0. The second-order valence-electron chi connectivity index (χ2n) is 8.16. The van der Waals surface area contributed by atoms with Crippen LogP contribution in [0.3, 0.4) is 0 Å². The minimum Gasteiger partial charge on any atom is -0.456 e. The Morgan fingerprint density at radius 1 is 0.946 bits per heavy atom. The summed E-state index contributed by atoms with van der Waals surface area (Å²) in [5.41, 5.74) is 2.17. The number of fused-ring (bicyclic) bond motifs is 1. The van der Waals surface area contributed by atoms with Crippen molar-refractivity contribution in [1.82, 2.24) is 10.3 Å². The number of esters is 1. The van der Waals surface area contributed by atoms with Crippen molar-refractivity contribution < 1.29 is 28.8 Å². The highest BCUT2D eigenvalue weighted by Crippen LogP contribution is 2.20. The highest BCUT2D eigenvalue weighted by Gasteiger charge is 2.26. The predicted octanol–water partition coefficient (Wildman–Crippen LogP) is 4.34. The lowest BCUT2D eigenvalue weighted by atomic mass is 10.1. The normalized spacial score (nSPS) is 11.5. The summed E-state index contributed by atoms with van der Waals surface area (Å²) in [4.78, 5) is 51.4. The molecule has 1 heterocycles. The van der Waals surface area contributed by atoms with Gasteiger partial charge in [-0.15, -0.1) is 0 Å². The Hall–Kier alpha value is -4.99. The summed E-state index contributed by atoms with van der Waals surface area (Å²) in [5.74, 6) is -1.46. The van der Waals surface area contributed by atoms with Crippen LogP contribution in [0, 0.1) is 10.1 Å². The first-order valence-corrected chi connectivity index (χ1v) is 11.4. The van der Waals surface area contributed by atoms with Crippen molar-refractivity contribution in [2.75, 3.05) is 6.61 Å². The van der Waals surface area contributed by atoms with Gasteiger partial charge in [0, 0.05) is 41.2 Å². The van der Waals surface area contributed by atoms with Crippen LogP contribution >= 0.6 is 0 Å². The van der Waals surface area contributed by atoms with Crippen molar-refractivity contribution in [1.29, 1.82) is 0 Å². The van der Waals surface area contributed by atoms with Gasteiger partial charge < -0.3 is 19.8 Å². The van der Waals surface area contributed by atoms with E-state index >= 15 is 0 Å². The number of Topliss-reactive ketones (excluding diaryl/α,β-unsaturated/α-hetero) is 1. The van der Waals surface area contributed by atoms with Crippen LogP contribution < -0.4 is 5.32 Å². The summed E-state index contributed by atoms with van der Waals surface area (Å²) in [6, 6.07) is 20.5. The van der Waals surface area contributed by atoms with Crippen LogP contribution in [0.4, 0.5) is 10.5 Å². The number of nitro groups is 1. The summed E-state index contributed by atoms with van der Waals surface area (Å²) in [7, 11) is 0. The zero-order valence-corrected chi connectivity index (χ0v) is 19.6. The lowest BCUT2D eigenvalue weighted by Gasteiger charge is -2.17. The van der Waals surface area contributed by atoms with Crippen molar-refractivity contribution in [2.24, 2.45) is 0 Å². The van der Waals surface area contributed by atoms with Gasteiger partial charge in [0.2, 0.25) is 5.78 Å². The molecule has 0 aliphatic carbocycles. The van der Waals surface area contributed by atoms with Gasteiger partial charge in [-0.25, -0.2) is 9.59 Å². The molecule has 1 amide bonds. The maximum Gasteiger partial charge on any atom is 0.408 e. The number of hydrogen-bond donors (Lipinski definition) is 2. The number of ether oxygens (including phenoxy) is 2. The molecule has 4 rings (SSSR count). The molecule has 0 fully saturated rings. The van der Waals surface area contributed by atoms with E-state index in [-0.39, 0.29) is 24.3 Å². The number of nitrogens with zero attached hydrogens (tertiary/aromatic N) is 1. The van der Waals surface area contributed by atoms with E-state index in [1.807, 2.05) is 42.5 Å². The minimum absolute atomic E-state index is 0.00675. The summed E-state index contributed by atoms with van der Waals surface area (Å²) in [6.07, 6.45) is 0.987. The van der Waals surface area contributed by atoms with Crippen molar-refractivity contribution in [2.45, 2.75) is 19.1 Å². The maximum atomic E-state index is 13.0. The molecule has 3 aromatic carbocycles. The highest BCUT2D eigenvalue weighted by molar-refractivity contribution is 5.98. The van der Waals surface area contributed by atoms with E-state index in [0.717, 1.165) is 28.1 Å². The second kappa shape index (κ2) is 11.6. The third-order valence-corrected chi connectivity index (χ3v) is 5.61. The van der Waals surface area contributed by atoms with Crippen LogP contribution in [-0.2, 0) is 27.3 Å². The number of nitro benzene ring substituents is 1. The van der Waals surface area contributed by atoms with Gasteiger partial charge in [-0.3, -0.25) is 14.9 Å². The molecule has 1 aromatic heterocycles. The number of carbonyl (C=O) groups is 3. The third kappa shape index (κ3) is 6.57. The Morgan fingerprint density at radius 3 is 2.49 bits per heavy atom. The first kappa shape index (κ1) is 25.1. The molecule has 0 aliphatic heterocycles. The standard InChI is InChI=1S/C27H23N3O7/c31-25(19-9-6-10-21(13-19)30(34)35)17-36-26(32)24(14-20-15-28-23-12-5-4-11-22(20)23)29-27(33)37-16-18-7-2-1-3-8-18/h1-13,15,24,28H,14,16-17H2,(H,29,33)/t24-/m0/s1. The second-order valence-corrected chi connectivity index (χ2v) is 8.16. The zero-order valence-electron chi connectivity index (χ0n) is 19.6. The zero-order chi connectivity index (χ0) is 26.2. The van der Waals surface area contributed by atoms with Crippen LogP contribution in [0.15, 0.2) is 85.1 Å². The van der Waals surface area contributed by atoms with Crippen molar-refractivity contribution in [3.63, 3.8) is 0 Å². The van der Waals surface area contributed by atoms with Crippen LogP contribution in [0.1, 0.15) is 21.5 Å². The van der Waals surface area contributed by atoms with Crippen LogP contribution in [0.2, 0.25) is 0 Å². The molecule has 4 aromatic rings. The lowest BCUT2D eigenvalue weighted by Crippen LogP contribution is -2.44. The number of carbonyl (C=O) groups excluding carboxylic acids is 3. The monoisotopic (exact) mass is 501 g/mol. The number of amides is 1. The molecule has 37 heavy (non-hydrogen) atoms. The molecule has 10 nitrogen and oxygen atoms in total. The molecule has 0 spiro atoms. The molecule has 0 saturated heterocycles. The van der Waals surface area contributed by atoms with Crippen LogP contribution in [-0.4, -0.2) is 40.4 Å². The summed E-state index contributed by atoms with van der Waals surface area (Å²) in [6.45, 7) is -0.641. The first-order chi connectivity index (χ1) is 17.9. The average Bonchev–Trinajstić information content (AvgIpc) is 3.33. The lowest BCUT2D eigenvalue weighted by molar-refractivity contribution is -0.384. The van der Waals surface area contributed by atoms with E-state index in [4.69, 9.17) is 9.47 Å². The van der Waals surface area contributed by atoms with Gasteiger partial charge in [0.05, 0.1) is 4.92 Å². The molecule has 0 unspecified atom stereocenters. The number of aromatic nitrogens is 1. The Morgan fingerprint density at radius 2 is 1.70 bits per heavy atom. The van der Waals surface area contributed by atoms with Gasteiger partial charge in [0.1, 0.15) is 12.6 Å². The number of nitrogens with one attached hydrogen (secondary N) is 2. The fraction of sp³-hybridized carbons (Fsp3) is 0.148. The molecule has 188 valence electrons. The number of rotatable bonds is 10. The Kier molecular flexibility index (Phi) is 7.89. The fourth-order valence-corrected chi connectivity index (χ4v) is 3.73. The number of non-ortho nitro benzene ring substituents is 1. The molecule has 2 N–H and O–H groups in total. The van der Waals surface area contributed by atoms with E-state index in [1.54, 1.807) is 18.3 Å². The molecule has 0 bridgehead atoms. The predicted molar refractivity (Wildman–Crippen MR) is 134 cm³/mol. The van der Waals surface area contributed by atoms with Crippen molar-refractivity contribution in [3.8, 4) is 0 Å². The summed E-state index contributed by atoms with van der Waals surface area (Å²) < 4.78 is 10.5. The highest BCUT2D eigenvalue weighted by atomic mass is 16.6. The molecule has 0 radical (unpaired) electrons. The first-order valence-electron chi connectivity index (χ1n) is 11.4. The molecule has 1 atom stereocenters. The van der Waals surface area contributed by atoms with E-state index in [9.17, 15) is 24.5 Å². The molecule has 0 saturated carbocycles. The van der Waals surface area contributed by atoms with E-state index < -0.39 is 35.4 Å². The van der Waals surface area contributed by atoms with E-state index in [1.165, 1.54) is 18.2 Å². The number of hydrogen-bond acceptors (Lipinski definition) is 7. The molecule has 0 aliphatic rings. The van der Waals surface area contributed by atoms with E-state index in [2.05, 4.69) is 10.3 Å². The van der Waals surface area contributed by atoms with Crippen LogP contribution in [0.5, 0.6) is 0 Å². The number of ketones is 1. The minimum atomic E-state index is -1.15. The molecular weight excluding hydrogens is 478 g/mol. The van der Waals surface area contributed by atoms with Crippen molar-refractivity contribution in [3.05, 3.63) is 112 Å². The number of H-pyrrole nitrogens is 1. The number of alkyl carbamates (subject to hydrolysis) is 1. The van der Waals surface area contributed by atoms with Gasteiger partial charge in [0.25, 0.3) is 5.69 Å². The maximum absolute atomic E-state index is 13.0. The van der Waals surface area contributed by atoms with Crippen molar-refractivity contribution >= 4 is 34.4 Å². The molecular formula is C27H23N3O7. The number of para-hydroxylation sites is 1. The number of aromatic amines is 1. The van der Waals surface area contributed by atoms with Crippen LogP contribution in [0.25, 0.3) is 10.9 Å². The van der Waals surface area contributed by atoms with Gasteiger partial charge in [0.15, 0.2) is 6.61 Å². The Bertz CT molecular complexity index is 1430. The Balaban J connectivity index is 1.45.